The van der Waals surface area contributed by atoms with E-state index in [1.807, 2.05) is 0 Å². The van der Waals surface area contributed by atoms with Gasteiger partial charge in [-0.1, -0.05) is 0 Å². The van der Waals surface area contributed by atoms with Crippen molar-refractivity contribution in [3.63, 3.8) is 0 Å². The van der Waals surface area contributed by atoms with Crippen LogP contribution in [0.4, 0.5) is 0 Å². The zero-order valence-corrected chi connectivity index (χ0v) is 5.83. The summed E-state index contributed by atoms with van der Waals surface area (Å²) in [5.41, 5.74) is 0. The van der Waals surface area contributed by atoms with E-state index < -0.39 is 9.84 Å². The molecule has 0 unspecified atom stereocenters. The highest BCUT2D eigenvalue weighted by Gasteiger charge is 1.96. The largest absolute Gasteiger partial charge is 0.300 e. The van der Waals surface area contributed by atoms with E-state index in [1.54, 1.807) is 13.5 Å². The minimum atomic E-state index is -2.83. The van der Waals surface area contributed by atoms with Crippen molar-refractivity contribution in [3.05, 3.63) is 6.54 Å². The average molecular weight is 136 g/mol. The van der Waals surface area contributed by atoms with Crippen LogP contribution in [0.25, 0.3) is 0 Å². The van der Waals surface area contributed by atoms with Gasteiger partial charge in [-0.15, -0.1) is 0 Å². The second-order valence-corrected chi connectivity index (χ2v) is 3.70. The molecule has 0 rings (SSSR count). The van der Waals surface area contributed by atoms with E-state index >= 15 is 0 Å². The highest BCUT2D eigenvalue weighted by Crippen LogP contribution is 1.76. The maximum atomic E-state index is 10.3. The quantitative estimate of drug-likeness (QED) is 0.582. The van der Waals surface area contributed by atoms with Gasteiger partial charge in [0.1, 0.15) is 0 Å². The summed E-state index contributed by atoms with van der Waals surface area (Å²) >= 11 is 0. The van der Waals surface area contributed by atoms with Crippen LogP contribution < -0.4 is 5.32 Å². The average Bonchev–Trinajstić information content (AvgIpc) is 1.59. The first-order valence-electron chi connectivity index (χ1n) is 2.25. The topological polar surface area (TPSA) is 46.2 Å². The van der Waals surface area contributed by atoms with E-state index in [0.29, 0.717) is 0 Å². The molecule has 0 aromatic heterocycles. The lowest BCUT2D eigenvalue weighted by Crippen LogP contribution is -2.18. The Morgan fingerprint density at radius 2 is 2.12 bits per heavy atom. The van der Waals surface area contributed by atoms with Gasteiger partial charge in [0.25, 0.3) is 0 Å². The lowest BCUT2D eigenvalue weighted by Gasteiger charge is -1.94. The summed E-state index contributed by atoms with van der Waals surface area (Å²) in [7, 11) is -2.83. The first-order valence-corrected chi connectivity index (χ1v) is 4.31. The van der Waals surface area contributed by atoms with Gasteiger partial charge < -0.3 is 0 Å². The minimum Gasteiger partial charge on any atom is -0.300 e. The number of hydrogen-bond donors (Lipinski definition) is 1. The van der Waals surface area contributed by atoms with Gasteiger partial charge in [-0.3, -0.25) is 5.32 Å². The Morgan fingerprint density at radius 3 is 2.25 bits per heavy atom. The first kappa shape index (κ1) is 7.91. The molecule has 8 heavy (non-hydrogen) atoms. The summed E-state index contributed by atoms with van der Waals surface area (Å²) in [5, 5.41) is 2.58. The fourth-order valence-corrected chi connectivity index (χ4v) is 0.704. The molecule has 0 fully saturated rings. The van der Waals surface area contributed by atoms with Crippen LogP contribution in [0.15, 0.2) is 0 Å². The number of rotatable bonds is 3. The standard InChI is InChI=1S/C4H10NO2S/c1-3-5-4-8(2,6)7/h3,5H,4H2,1-2H3. The molecule has 49 valence electrons. The fourth-order valence-electron chi connectivity index (χ4n) is 0.235. The third kappa shape index (κ3) is 5.91. The van der Waals surface area contributed by atoms with E-state index in [0.717, 1.165) is 0 Å². The second-order valence-electron chi connectivity index (χ2n) is 1.56. The molecule has 0 saturated heterocycles. The minimum absolute atomic E-state index is 0.0312. The van der Waals surface area contributed by atoms with Crippen LogP contribution in [0.1, 0.15) is 6.92 Å². The van der Waals surface area contributed by atoms with E-state index in [1.165, 1.54) is 6.26 Å². The molecule has 1 N–H and O–H groups in total. The molecule has 0 aliphatic heterocycles. The lowest BCUT2D eigenvalue weighted by molar-refractivity contribution is 0.597. The zero-order chi connectivity index (χ0) is 6.62. The van der Waals surface area contributed by atoms with Crippen LogP contribution in [-0.2, 0) is 9.84 Å². The number of nitrogens with one attached hydrogen (secondary N) is 1. The molecule has 0 bridgehead atoms. The van der Waals surface area contributed by atoms with Crippen LogP contribution in [0.2, 0.25) is 0 Å². The Balaban J connectivity index is 3.42. The Morgan fingerprint density at radius 1 is 1.62 bits per heavy atom. The second kappa shape index (κ2) is 3.04. The molecule has 4 heteroatoms. The van der Waals surface area contributed by atoms with Gasteiger partial charge >= 0.3 is 0 Å². The van der Waals surface area contributed by atoms with Gasteiger partial charge in [0.2, 0.25) is 0 Å². The molecule has 0 aliphatic rings. The van der Waals surface area contributed by atoms with Crippen molar-refractivity contribution in [2.45, 2.75) is 6.92 Å². The van der Waals surface area contributed by atoms with Crippen molar-refractivity contribution >= 4 is 9.84 Å². The maximum Gasteiger partial charge on any atom is 0.160 e. The van der Waals surface area contributed by atoms with Gasteiger partial charge in [0.05, 0.1) is 5.88 Å². The Kier molecular flexibility index (Phi) is 3.01. The van der Waals surface area contributed by atoms with Gasteiger partial charge in [0.15, 0.2) is 9.84 Å². The normalized spacial score (nSPS) is 11.8. The Labute approximate surface area is 50.0 Å². The molecule has 0 saturated carbocycles. The summed E-state index contributed by atoms with van der Waals surface area (Å²) in [6.45, 7) is 3.34. The van der Waals surface area contributed by atoms with Crippen molar-refractivity contribution in [2.24, 2.45) is 0 Å². The van der Waals surface area contributed by atoms with Crippen LogP contribution in [-0.4, -0.2) is 20.6 Å². The Bertz CT molecular complexity index is 138. The van der Waals surface area contributed by atoms with Crippen LogP contribution in [0, 0.1) is 6.54 Å². The van der Waals surface area contributed by atoms with Crippen LogP contribution in [0.5, 0.6) is 0 Å². The lowest BCUT2D eigenvalue weighted by atomic mass is 10.8. The molecular formula is C4H10NO2S. The third-order valence-corrected chi connectivity index (χ3v) is 1.24. The van der Waals surface area contributed by atoms with E-state index in [4.69, 9.17) is 0 Å². The molecule has 3 nitrogen and oxygen atoms in total. The van der Waals surface area contributed by atoms with Crippen LogP contribution >= 0.6 is 0 Å². The highest BCUT2D eigenvalue weighted by atomic mass is 32.2. The summed E-state index contributed by atoms with van der Waals surface area (Å²) in [6.07, 6.45) is 1.18. The first-order chi connectivity index (χ1) is 3.56. The van der Waals surface area contributed by atoms with Crippen molar-refractivity contribution in [1.29, 1.82) is 0 Å². The summed E-state index contributed by atoms with van der Waals surface area (Å²) < 4.78 is 20.6. The van der Waals surface area contributed by atoms with Crippen molar-refractivity contribution in [1.82, 2.24) is 5.32 Å². The number of sulfone groups is 1. The SMILES string of the molecule is C[CH]NCS(C)(=O)=O. The summed E-state index contributed by atoms with van der Waals surface area (Å²) in [4.78, 5) is 0. The third-order valence-electron chi connectivity index (χ3n) is 0.550. The predicted molar refractivity (Wildman–Crippen MR) is 32.8 cm³/mol. The molecule has 1 radical (unpaired) electrons. The van der Waals surface area contributed by atoms with E-state index in [-0.39, 0.29) is 5.88 Å². The number of hydrogen-bond acceptors (Lipinski definition) is 3. The van der Waals surface area contributed by atoms with Gasteiger partial charge in [0, 0.05) is 12.8 Å². The monoisotopic (exact) mass is 136 g/mol. The van der Waals surface area contributed by atoms with Crippen molar-refractivity contribution in [3.8, 4) is 0 Å². The molecular weight excluding hydrogens is 126 g/mol. The van der Waals surface area contributed by atoms with Gasteiger partial charge in [-0.05, 0) is 6.92 Å². The summed E-state index contributed by atoms with van der Waals surface area (Å²) in [6, 6.07) is 0. The van der Waals surface area contributed by atoms with E-state index in [2.05, 4.69) is 5.32 Å². The zero-order valence-electron chi connectivity index (χ0n) is 5.01. The molecule has 0 aliphatic carbocycles. The van der Waals surface area contributed by atoms with Crippen molar-refractivity contribution in [2.75, 3.05) is 12.1 Å². The molecule has 0 spiro atoms. The summed E-state index contributed by atoms with van der Waals surface area (Å²) in [5.74, 6) is 0.0312. The van der Waals surface area contributed by atoms with Crippen molar-refractivity contribution < 1.29 is 8.42 Å². The molecule has 0 amide bonds. The fraction of sp³-hybridized carbons (Fsp3) is 0.750. The molecule has 0 aromatic carbocycles. The van der Waals surface area contributed by atoms with Crippen LogP contribution in [0.3, 0.4) is 0 Å². The molecule has 0 atom stereocenters. The Hall–Kier alpha value is -0.0900. The van der Waals surface area contributed by atoms with Gasteiger partial charge in [-0.25, -0.2) is 8.42 Å². The highest BCUT2D eigenvalue weighted by molar-refractivity contribution is 7.90. The van der Waals surface area contributed by atoms with E-state index in [9.17, 15) is 8.42 Å². The maximum absolute atomic E-state index is 10.3. The smallest absolute Gasteiger partial charge is 0.160 e. The predicted octanol–water partition coefficient (Wildman–Crippen LogP) is -0.240. The molecule has 0 heterocycles. The molecule has 0 aromatic rings. The van der Waals surface area contributed by atoms with Gasteiger partial charge in [-0.2, -0.15) is 0 Å².